The van der Waals surface area contributed by atoms with Gasteiger partial charge in [0.05, 0.1) is 0 Å². The molecular weight excluding hydrogens is 335 g/mol. The molecule has 0 spiro atoms. The molecule has 0 radical (unpaired) electrons. The largest absolute Gasteiger partial charge is 0.324 e. The van der Waals surface area contributed by atoms with Gasteiger partial charge in [-0.3, -0.25) is 9.78 Å². The molecule has 23 heavy (non-hydrogen) atoms. The number of anilines is 2. The molecule has 2 N–H and O–H groups in total. The number of halogens is 2. The molecule has 0 amide bonds. The minimum Gasteiger partial charge on any atom is -0.324 e. The summed E-state index contributed by atoms with van der Waals surface area (Å²) in [6.07, 6.45) is 0.390. The van der Waals surface area contributed by atoms with E-state index in [0.29, 0.717) is 22.2 Å². The Morgan fingerprint density at radius 1 is 0.913 bits per heavy atom. The highest BCUT2D eigenvalue weighted by atomic mass is 35.5. The van der Waals surface area contributed by atoms with Crippen molar-refractivity contribution >= 4 is 34.8 Å². The van der Waals surface area contributed by atoms with Gasteiger partial charge in [-0.25, -0.2) is 0 Å². The number of hydrogen-bond donors (Lipinski definition) is 2. The van der Waals surface area contributed by atoms with E-state index in [0.717, 1.165) is 11.3 Å². The summed E-state index contributed by atoms with van der Waals surface area (Å²) >= 11 is 11.7. The molecule has 7 heteroatoms. The van der Waals surface area contributed by atoms with Crippen molar-refractivity contribution in [3.05, 3.63) is 80.2 Å². The third kappa shape index (κ3) is 4.09. The molecule has 0 unspecified atom stereocenters. The standard InChI is InChI=1S/C16H12Cl2N4O/c17-11-3-1-10(2-4-11)9-14-15(23)20-16(22-21-14)19-13-7-5-12(18)6-8-13/h1-8H,9H2,(H2,19,20,22,23). The van der Waals surface area contributed by atoms with Gasteiger partial charge in [0.2, 0.25) is 5.95 Å². The van der Waals surface area contributed by atoms with Crippen LogP contribution in [-0.2, 0) is 6.42 Å². The third-order valence-electron chi connectivity index (χ3n) is 3.16. The lowest BCUT2D eigenvalue weighted by Crippen LogP contribution is -2.18. The topological polar surface area (TPSA) is 70.7 Å². The van der Waals surface area contributed by atoms with Crippen LogP contribution in [0.4, 0.5) is 11.6 Å². The van der Waals surface area contributed by atoms with Crippen LogP contribution in [-0.4, -0.2) is 15.2 Å². The Labute approximate surface area is 142 Å². The zero-order valence-corrected chi connectivity index (χ0v) is 13.4. The number of aromatic amines is 1. The van der Waals surface area contributed by atoms with Crippen molar-refractivity contribution < 1.29 is 0 Å². The fourth-order valence-corrected chi connectivity index (χ4v) is 2.25. The van der Waals surface area contributed by atoms with Crippen molar-refractivity contribution in [1.29, 1.82) is 0 Å². The molecule has 1 aromatic heterocycles. The predicted molar refractivity (Wildman–Crippen MR) is 91.6 cm³/mol. The lowest BCUT2D eigenvalue weighted by atomic mass is 10.1. The highest BCUT2D eigenvalue weighted by Crippen LogP contribution is 2.16. The second-order valence-electron chi connectivity index (χ2n) is 4.88. The Bertz CT molecular complexity index is 860. The second kappa shape index (κ2) is 6.81. The summed E-state index contributed by atoms with van der Waals surface area (Å²) < 4.78 is 0. The van der Waals surface area contributed by atoms with Gasteiger partial charge in [0.1, 0.15) is 5.69 Å². The smallest absolute Gasteiger partial charge is 0.274 e. The van der Waals surface area contributed by atoms with Gasteiger partial charge in [-0.05, 0) is 42.0 Å². The minimum absolute atomic E-state index is 0.275. The van der Waals surface area contributed by atoms with Gasteiger partial charge in [0.25, 0.3) is 5.56 Å². The van der Waals surface area contributed by atoms with Crippen molar-refractivity contribution in [3.63, 3.8) is 0 Å². The van der Waals surface area contributed by atoms with E-state index in [9.17, 15) is 4.79 Å². The van der Waals surface area contributed by atoms with Crippen LogP contribution < -0.4 is 10.9 Å². The summed E-state index contributed by atoms with van der Waals surface area (Å²) in [6.45, 7) is 0. The van der Waals surface area contributed by atoms with Crippen LogP contribution in [0.3, 0.4) is 0 Å². The molecule has 0 bridgehead atoms. The lowest BCUT2D eigenvalue weighted by molar-refractivity contribution is 0.874. The van der Waals surface area contributed by atoms with E-state index < -0.39 is 0 Å². The van der Waals surface area contributed by atoms with Crippen LogP contribution in [0.5, 0.6) is 0 Å². The Morgan fingerprint density at radius 3 is 2.13 bits per heavy atom. The quantitative estimate of drug-likeness (QED) is 0.753. The lowest BCUT2D eigenvalue weighted by Gasteiger charge is -2.05. The summed E-state index contributed by atoms with van der Waals surface area (Å²) in [4.78, 5) is 14.8. The highest BCUT2D eigenvalue weighted by Gasteiger charge is 2.06. The summed E-state index contributed by atoms with van der Waals surface area (Å²) in [6, 6.07) is 14.3. The SMILES string of the molecule is O=c1[nH]c(Nc2ccc(Cl)cc2)nnc1Cc1ccc(Cl)cc1. The molecule has 5 nitrogen and oxygen atoms in total. The van der Waals surface area contributed by atoms with Crippen molar-refractivity contribution in [1.82, 2.24) is 15.2 Å². The Balaban J connectivity index is 1.76. The van der Waals surface area contributed by atoms with E-state index in [1.807, 2.05) is 12.1 Å². The average molecular weight is 347 g/mol. The minimum atomic E-state index is -0.286. The van der Waals surface area contributed by atoms with Gasteiger partial charge in [0, 0.05) is 22.2 Å². The molecular formula is C16H12Cl2N4O. The van der Waals surface area contributed by atoms with E-state index in [4.69, 9.17) is 23.2 Å². The van der Waals surface area contributed by atoms with Crippen LogP contribution in [0.25, 0.3) is 0 Å². The van der Waals surface area contributed by atoms with Crippen LogP contribution >= 0.6 is 23.2 Å². The fourth-order valence-electron chi connectivity index (χ4n) is 2.00. The third-order valence-corrected chi connectivity index (χ3v) is 3.66. The molecule has 0 saturated heterocycles. The molecule has 0 saturated carbocycles. The molecule has 0 aliphatic rings. The van der Waals surface area contributed by atoms with Crippen molar-refractivity contribution in [2.24, 2.45) is 0 Å². The zero-order valence-electron chi connectivity index (χ0n) is 11.9. The molecule has 2 aromatic carbocycles. The average Bonchev–Trinajstić information content (AvgIpc) is 2.54. The highest BCUT2D eigenvalue weighted by molar-refractivity contribution is 6.30. The molecule has 0 fully saturated rings. The Morgan fingerprint density at radius 2 is 1.52 bits per heavy atom. The van der Waals surface area contributed by atoms with Gasteiger partial charge >= 0.3 is 0 Å². The first kappa shape index (κ1) is 15.5. The number of nitrogens with zero attached hydrogens (tertiary/aromatic N) is 2. The van der Waals surface area contributed by atoms with E-state index in [1.165, 1.54) is 0 Å². The maximum absolute atomic E-state index is 12.1. The summed E-state index contributed by atoms with van der Waals surface area (Å²) in [7, 11) is 0. The molecule has 0 atom stereocenters. The zero-order chi connectivity index (χ0) is 16.2. The summed E-state index contributed by atoms with van der Waals surface area (Å²) in [5.41, 5.74) is 1.75. The summed E-state index contributed by atoms with van der Waals surface area (Å²) in [5.74, 6) is 0.275. The number of aromatic nitrogens is 3. The van der Waals surface area contributed by atoms with Gasteiger partial charge in [-0.1, -0.05) is 35.3 Å². The van der Waals surface area contributed by atoms with Gasteiger partial charge in [-0.15, -0.1) is 10.2 Å². The van der Waals surface area contributed by atoms with Crippen LogP contribution in [0.1, 0.15) is 11.3 Å². The van der Waals surface area contributed by atoms with Crippen molar-refractivity contribution in [3.8, 4) is 0 Å². The van der Waals surface area contributed by atoms with Crippen LogP contribution in [0.15, 0.2) is 53.3 Å². The Kier molecular flexibility index (Phi) is 4.60. The summed E-state index contributed by atoms with van der Waals surface area (Å²) in [5, 5.41) is 12.2. The molecule has 3 aromatic rings. The molecule has 3 rings (SSSR count). The van der Waals surface area contributed by atoms with Crippen molar-refractivity contribution in [2.45, 2.75) is 6.42 Å². The van der Waals surface area contributed by atoms with E-state index in [1.54, 1.807) is 36.4 Å². The molecule has 1 heterocycles. The first-order valence-electron chi connectivity index (χ1n) is 6.83. The number of rotatable bonds is 4. The van der Waals surface area contributed by atoms with E-state index >= 15 is 0 Å². The number of hydrogen-bond acceptors (Lipinski definition) is 4. The number of H-pyrrole nitrogens is 1. The maximum atomic E-state index is 12.1. The number of nitrogens with one attached hydrogen (secondary N) is 2. The normalized spacial score (nSPS) is 10.5. The van der Waals surface area contributed by atoms with Crippen molar-refractivity contribution in [2.75, 3.05) is 5.32 Å². The Hall–Kier alpha value is -2.37. The molecule has 0 aliphatic heterocycles. The number of benzene rings is 2. The first-order valence-corrected chi connectivity index (χ1v) is 7.59. The van der Waals surface area contributed by atoms with Gasteiger partial charge in [0.15, 0.2) is 0 Å². The fraction of sp³-hybridized carbons (Fsp3) is 0.0625. The molecule has 116 valence electrons. The maximum Gasteiger partial charge on any atom is 0.274 e. The second-order valence-corrected chi connectivity index (χ2v) is 5.76. The monoisotopic (exact) mass is 346 g/mol. The molecule has 0 aliphatic carbocycles. The predicted octanol–water partition coefficient (Wildman–Crippen LogP) is 3.81. The van der Waals surface area contributed by atoms with Crippen LogP contribution in [0.2, 0.25) is 10.0 Å². The van der Waals surface area contributed by atoms with E-state index in [2.05, 4.69) is 20.5 Å². The van der Waals surface area contributed by atoms with E-state index in [-0.39, 0.29) is 11.5 Å². The van der Waals surface area contributed by atoms with Gasteiger partial charge < -0.3 is 5.32 Å². The van der Waals surface area contributed by atoms with Gasteiger partial charge in [-0.2, -0.15) is 0 Å². The first-order chi connectivity index (χ1) is 11.1. The van der Waals surface area contributed by atoms with Crippen LogP contribution in [0, 0.1) is 0 Å².